The molecule has 2 saturated carbocycles. The highest BCUT2D eigenvalue weighted by atomic mass is 15.3. The van der Waals surface area contributed by atoms with Gasteiger partial charge in [0.25, 0.3) is 0 Å². The average molecular weight is 364 g/mol. The number of hydrogen-bond acceptors (Lipinski definition) is 6. The topological polar surface area (TPSA) is 58.0 Å². The Kier molecular flexibility index (Phi) is 4.74. The van der Waals surface area contributed by atoms with Gasteiger partial charge in [-0.3, -0.25) is 4.90 Å². The van der Waals surface area contributed by atoms with E-state index in [1.807, 2.05) is 18.6 Å². The molecule has 6 heteroatoms. The van der Waals surface area contributed by atoms with Crippen LogP contribution in [-0.2, 0) is 6.54 Å². The number of nitrogens with zero attached hydrogens (tertiary/aromatic N) is 6. The van der Waals surface area contributed by atoms with Crippen LogP contribution in [0.3, 0.4) is 0 Å². The number of aromatic nitrogens is 4. The Hall–Kier alpha value is -2.08. The van der Waals surface area contributed by atoms with Crippen molar-refractivity contribution in [2.75, 3.05) is 18.0 Å². The lowest BCUT2D eigenvalue weighted by Crippen LogP contribution is -2.46. The fourth-order valence-electron chi connectivity index (χ4n) is 4.40. The zero-order chi connectivity index (χ0) is 18.1. The summed E-state index contributed by atoms with van der Waals surface area (Å²) in [5, 5.41) is 0. The Morgan fingerprint density at radius 3 is 2.26 bits per heavy atom. The van der Waals surface area contributed by atoms with Gasteiger partial charge in [-0.25, -0.2) is 19.9 Å². The van der Waals surface area contributed by atoms with Crippen LogP contribution in [0.1, 0.15) is 62.3 Å². The molecule has 3 aliphatic rings. The molecule has 0 amide bonds. The summed E-state index contributed by atoms with van der Waals surface area (Å²) in [6.45, 7) is 3.22. The third-order valence-electron chi connectivity index (χ3n) is 6.32. The van der Waals surface area contributed by atoms with Gasteiger partial charge in [0.2, 0.25) is 0 Å². The van der Waals surface area contributed by atoms with Gasteiger partial charge in [-0.2, -0.15) is 0 Å². The highest BCUT2D eigenvalue weighted by Crippen LogP contribution is 2.35. The molecule has 3 fully saturated rings. The van der Waals surface area contributed by atoms with Gasteiger partial charge in [0.05, 0.1) is 0 Å². The van der Waals surface area contributed by atoms with E-state index < -0.39 is 0 Å². The van der Waals surface area contributed by atoms with Crippen LogP contribution in [0.5, 0.6) is 0 Å². The van der Waals surface area contributed by atoms with Crippen molar-refractivity contribution in [3.05, 3.63) is 42.4 Å². The molecule has 1 saturated heterocycles. The first-order valence-electron chi connectivity index (χ1n) is 10.4. The Morgan fingerprint density at radius 1 is 0.926 bits per heavy atom. The minimum Gasteiger partial charge on any atom is -0.350 e. The van der Waals surface area contributed by atoms with Gasteiger partial charge < -0.3 is 4.90 Å². The molecule has 2 aromatic rings. The molecule has 0 unspecified atom stereocenters. The minimum atomic E-state index is 0.598. The molecule has 0 N–H and O–H groups in total. The smallest absolute Gasteiger partial charge is 0.132 e. The van der Waals surface area contributed by atoms with Crippen LogP contribution in [0.4, 0.5) is 5.82 Å². The van der Waals surface area contributed by atoms with Gasteiger partial charge in [-0.15, -0.1) is 0 Å². The molecule has 142 valence electrons. The highest BCUT2D eigenvalue weighted by Gasteiger charge is 2.36. The van der Waals surface area contributed by atoms with E-state index in [9.17, 15) is 0 Å². The fourth-order valence-corrected chi connectivity index (χ4v) is 4.40. The lowest BCUT2D eigenvalue weighted by molar-refractivity contribution is 0.200. The maximum absolute atomic E-state index is 4.62. The average Bonchev–Trinajstić information content (AvgIpc) is 3.49. The summed E-state index contributed by atoms with van der Waals surface area (Å²) < 4.78 is 0. The van der Waals surface area contributed by atoms with E-state index in [0.29, 0.717) is 18.0 Å². The summed E-state index contributed by atoms with van der Waals surface area (Å²) in [5.74, 6) is 2.77. The van der Waals surface area contributed by atoms with Crippen LogP contribution in [0.2, 0.25) is 0 Å². The molecule has 0 bridgehead atoms. The molecule has 27 heavy (non-hydrogen) atoms. The normalized spacial score (nSPS) is 21.8. The van der Waals surface area contributed by atoms with E-state index in [2.05, 4.69) is 35.8 Å². The van der Waals surface area contributed by atoms with Crippen molar-refractivity contribution in [3.63, 3.8) is 0 Å². The van der Waals surface area contributed by atoms with Crippen LogP contribution in [0.25, 0.3) is 0 Å². The van der Waals surface area contributed by atoms with Crippen molar-refractivity contribution in [1.29, 1.82) is 0 Å². The summed E-state index contributed by atoms with van der Waals surface area (Å²) in [4.78, 5) is 23.0. The molecule has 0 aromatic carbocycles. The Morgan fingerprint density at radius 2 is 1.67 bits per heavy atom. The molecule has 3 heterocycles. The highest BCUT2D eigenvalue weighted by molar-refractivity contribution is 5.41. The first kappa shape index (κ1) is 17.0. The maximum atomic E-state index is 4.62. The van der Waals surface area contributed by atoms with Crippen LogP contribution in [0.15, 0.2) is 31.0 Å². The van der Waals surface area contributed by atoms with Crippen molar-refractivity contribution >= 4 is 5.82 Å². The van der Waals surface area contributed by atoms with Gasteiger partial charge in [0.15, 0.2) is 0 Å². The standard InChI is InChI=1S/C21H28N6/c1-2-17(3-1)21-23-12-16(13-24-21)14-26-10-7-19(8-11-26)27(18-4-5-18)20-6-9-22-15-25-20/h6,9,12-13,15,17-19H,1-5,7-8,10-11,14H2. The Bertz CT molecular complexity index is 733. The number of piperidine rings is 1. The monoisotopic (exact) mass is 364 g/mol. The van der Waals surface area contributed by atoms with Crippen LogP contribution < -0.4 is 4.90 Å². The van der Waals surface area contributed by atoms with Gasteiger partial charge in [-0.05, 0) is 44.6 Å². The van der Waals surface area contributed by atoms with Crippen molar-refractivity contribution in [3.8, 4) is 0 Å². The van der Waals surface area contributed by atoms with Crippen molar-refractivity contribution in [2.24, 2.45) is 0 Å². The first-order valence-corrected chi connectivity index (χ1v) is 10.4. The predicted octanol–water partition coefficient (Wildman–Crippen LogP) is 3.17. The van der Waals surface area contributed by atoms with Crippen LogP contribution in [0, 0.1) is 0 Å². The number of hydrogen-bond donors (Lipinski definition) is 0. The molecule has 6 nitrogen and oxygen atoms in total. The lowest BCUT2D eigenvalue weighted by Gasteiger charge is -2.39. The molecule has 2 aliphatic carbocycles. The Balaban J connectivity index is 1.17. The SMILES string of the molecule is c1cc(N(C2CC2)C2CCN(Cc3cnc(C4CCC4)nc3)CC2)ncn1. The summed E-state index contributed by atoms with van der Waals surface area (Å²) in [5.41, 5.74) is 1.24. The molecule has 0 radical (unpaired) electrons. The van der Waals surface area contributed by atoms with Crippen molar-refractivity contribution in [1.82, 2.24) is 24.8 Å². The van der Waals surface area contributed by atoms with Gasteiger partial charge in [-0.1, -0.05) is 6.42 Å². The molecule has 5 rings (SSSR count). The molecular formula is C21H28N6. The van der Waals surface area contributed by atoms with Gasteiger partial charge in [0.1, 0.15) is 18.0 Å². The lowest BCUT2D eigenvalue weighted by atomic mass is 9.85. The largest absolute Gasteiger partial charge is 0.350 e. The van der Waals surface area contributed by atoms with E-state index in [-0.39, 0.29) is 0 Å². The summed E-state index contributed by atoms with van der Waals surface area (Å²) in [7, 11) is 0. The van der Waals surface area contributed by atoms with E-state index in [1.165, 1.54) is 50.5 Å². The van der Waals surface area contributed by atoms with E-state index in [1.54, 1.807) is 6.33 Å². The van der Waals surface area contributed by atoms with Gasteiger partial charge >= 0.3 is 0 Å². The third-order valence-corrected chi connectivity index (χ3v) is 6.32. The predicted molar refractivity (Wildman–Crippen MR) is 104 cm³/mol. The number of anilines is 1. The second-order valence-corrected chi connectivity index (χ2v) is 8.29. The Labute approximate surface area is 161 Å². The first-order chi connectivity index (χ1) is 13.4. The molecule has 1 aliphatic heterocycles. The van der Waals surface area contributed by atoms with E-state index >= 15 is 0 Å². The van der Waals surface area contributed by atoms with Crippen LogP contribution in [-0.4, -0.2) is 50.0 Å². The summed E-state index contributed by atoms with van der Waals surface area (Å²) in [6, 6.07) is 3.34. The number of rotatable bonds is 6. The van der Waals surface area contributed by atoms with Crippen molar-refractivity contribution < 1.29 is 0 Å². The third kappa shape index (κ3) is 3.81. The van der Waals surface area contributed by atoms with E-state index in [0.717, 1.165) is 31.3 Å². The van der Waals surface area contributed by atoms with E-state index in [4.69, 9.17) is 0 Å². The molecular weight excluding hydrogens is 336 g/mol. The number of likely N-dealkylation sites (tertiary alicyclic amines) is 1. The zero-order valence-corrected chi connectivity index (χ0v) is 15.9. The summed E-state index contributed by atoms with van der Waals surface area (Å²) >= 11 is 0. The van der Waals surface area contributed by atoms with Crippen LogP contribution >= 0.6 is 0 Å². The minimum absolute atomic E-state index is 0.598. The summed E-state index contributed by atoms with van der Waals surface area (Å²) in [6.07, 6.45) is 16.5. The second-order valence-electron chi connectivity index (χ2n) is 8.29. The fraction of sp³-hybridized carbons (Fsp3) is 0.619. The quantitative estimate of drug-likeness (QED) is 0.785. The molecule has 2 aromatic heterocycles. The maximum Gasteiger partial charge on any atom is 0.132 e. The van der Waals surface area contributed by atoms with Gasteiger partial charge in [0, 0.05) is 61.8 Å². The van der Waals surface area contributed by atoms with Crippen molar-refractivity contribution in [2.45, 2.75) is 69.5 Å². The molecule has 0 atom stereocenters. The second kappa shape index (κ2) is 7.50. The molecule has 0 spiro atoms. The zero-order valence-electron chi connectivity index (χ0n) is 15.9.